The molecule has 5 rings (SSSR count). The van der Waals surface area contributed by atoms with E-state index in [2.05, 4.69) is 62.9 Å². The van der Waals surface area contributed by atoms with Crippen LogP contribution >= 0.6 is 0 Å². The third kappa shape index (κ3) is 7.14. The smallest absolute Gasteiger partial charge is 0.247 e. The summed E-state index contributed by atoms with van der Waals surface area (Å²) in [4.78, 5) is 27.1. The average Bonchev–Trinajstić information content (AvgIpc) is 3.00. The van der Waals surface area contributed by atoms with E-state index in [1.165, 1.54) is 25.9 Å². The van der Waals surface area contributed by atoms with E-state index in [1.54, 1.807) is 6.08 Å². The minimum Gasteiger partial charge on any atom is -0.345 e. The van der Waals surface area contributed by atoms with Gasteiger partial charge in [0.25, 0.3) is 0 Å². The van der Waals surface area contributed by atoms with Gasteiger partial charge in [0.2, 0.25) is 5.91 Å². The molecule has 0 saturated carbocycles. The van der Waals surface area contributed by atoms with Gasteiger partial charge in [-0.05, 0) is 87.3 Å². The van der Waals surface area contributed by atoms with Gasteiger partial charge in [0, 0.05) is 68.6 Å². The minimum atomic E-state index is 0.0922. The van der Waals surface area contributed by atoms with Gasteiger partial charge >= 0.3 is 0 Å². The number of hydrogen-bond donors (Lipinski definition) is 0. The Morgan fingerprint density at radius 1 is 0.872 bits per heavy atom. The van der Waals surface area contributed by atoms with Crippen LogP contribution < -0.4 is 4.90 Å². The molecule has 6 heteroatoms. The lowest BCUT2D eigenvalue weighted by molar-refractivity contribution is -0.130. The Kier molecular flexibility index (Phi) is 9.07. The number of nitrogens with zero attached hydrogens (tertiary/aromatic N) is 5. The average molecular weight is 524 g/mol. The molecule has 39 heavy (non-hydrogen) atoms. The van der Waals surface area contributed by atoms with Crippen LogP contribution in [0.5, 0.6) is 0 Å². The Morgan fingerprint density at radius 2 is 1.51 bits per heavy atom. The largest absolute Gasteiger partial charge is 0.345 e. The van der Waals surface area contributed by atoms with Gasteiger partial charge in [-0.15, -0.1) is 0 Å². The molecular weight excluding hydrogens is 482 g/mol. The molecule has 6 nitrogen and oxygen atoms in total. The van der Waals surface area contributed by atoms with E-state index < -0.39 is 0 Å². The predicted molar refractivity (Wildman–Crippen MR) is 160 cm³/mol. The van der Waals surface area contributed by atoms with Gasteiger partial charge in [-0.3, -0.25) is 9.78 Å². The zero-order valence-electron chi connectivity index (χ0n) is 23.3. The molecule has 0 atom stereocenters. The first-order valence-corrected chi connectivity index (χ1v) is 14.3. The Morgan fingerprint density at radius 3 is 2.18 bits per heavy atom. The van der Waals surface area contributed by atoms with Crippen molar-refractivity contribution < 1.29 is 4.79 Å². The number of likely N-dealkylation sites (tertiary alicyclic amines) is 2. The van der Waals surface area contributed by atoms with Crippen LogP contribution in [0.2, 0.25) is 0 Å². The molecule has 0 radical (unpaired) electrons. The summed E-state index contributed by atoms with van der Waals surface area (Å²) in [5, 5.41) is 0. The molecule has 1 amide bonds. The van der Waals surface area contributed by atoms with Gasteiger partial charge in [-0.1, -0.05) is 42.5 Å². The highest BCUT2D eigenvalue weighted by molar-refractivity contribution is 5.92. The third-order valence-electron chi connectivity index (χ3n) is 8.37. The minimum absolute atomic E-state index is 0.0922. The standard InChI is InChI=1S/C33H41N5O/c1-35-22-16-31(17-23-35)37-24-18-32(19-25-37)38(33(39)13-10-27-6-4-3-5-7-27)26-28-8-11-29(12-9-28)36(2)30-14-20-34-21-15-30/h3-15,20-21,31-32H,16-19,22-26H2,1-2H3/b13-10+. The Labute approximate surface area is 233 Å². The third-order valence-corrected chi connectivity index (χ3v) is 8.37. The zero-order chi connectivity index (χ0) is 27.0. The zero-order valence-corrected chi connectivity index (χ0v) is 23.3. The summed E-state index contributed by atoms with van der Waals surface area (Å²) in [6.07, 6.45) is 11.9. The lowest BCUT2D eigenvalue weighted by Gasteiger charge is -2.43. The second-order valence-corrected chi connectivity index (χ2v) is 10.9. The number of pyridine rings is 1. The summed E-state index contributed by atoms with van der Waals surface area (Å²) in [5.41, 5.74) is 4.41. The van der Waals surface area contributed by atoms with Crippen LogP contribution in [0.15, 0.2) is 85.2 Å². The lowest BCUT2D eigenvalue weighted by atomic mass is 9.96. The topological polar surface area (TPSA) is 42.9 Å². The monoisotopic (exact) mass is 523 g/mol. The highest BCUT2D eigenvalue weighted by Crippen LogP contribution is 2.27. The number of carbonyl (C=O) groups is 1. The van der Waals surface area contributed by atoms with Crippen LogP contribution in [0.4, 0.5) is 11.4 Å². The molecule has 3 aromatic rings. The number of benzene rings is 2. The fourth-order valence-electron chi connectivity index (χ4n) is 5.88. The van der Waals surface area contributed by atoms with E-state index in [9.17, 15) is 4.79 Å². The van der Waals surface area contributed by atoms with Gasteiger partial charge in [0.15, 0.2) is 0 Å². The molecule has 0 unspecified atom stereocenters. The Hall–Kier alpha value is -3.48. The van der Waals surface area contributed by atoms with Crippen LogP contribution in [-0.2, 0) is 11.3 Å². The van der Waals surface area contributed by atoms with Crippen molar-refractivity contribution in [3.05, 3.63) is 96.3 Å². The van der Waals surface area contributed by atoms with Gasteiger partial charge in [-0.2, -0.15) is 0 Å². The van der Waals surface area contributed by atoms with Gasteiger partial charge < -0.3 is 19.6 Å². The highest BCUT2D eigenvalue weighted by Gasteiger charge is 2.31. The molecule has 0 N–H and O–H groups in total. The summed E-state index contributed by atoms with van der Waals surface area (Å²) in [6, 6.07) is 23.6. The van der Waals surface area contributed by atoms with Crippen molar-refractivity contribution in [3.8, 4) is 0 Å². The first kappa shape index (κ1) is 27.1. The molecule has 1 aromatic heterocycles. The number of amides is 1. The first-order valence-electron chi connectivity index (χ1n) is 14.3. The Bertz CT molecular complexity index is 1200. The summed E-state index contributed by atoms with van der Waals surface area (Å²) >= 11 is 0. The molecule has 0 aliphatic carbocycles. The molecule has 204 valence electrons. The number of aromatic nitrogens is 1. The van der Waals surface area contributed by atoms with Crippen LogP contribution in [0, 0.1) is 0 Å². The quantitative estimate of drug-likeness (QED) is 0.368. The molecule has 2 aromatic carbocycles. The van der Waals surface area contributed by atoms with Crippen LogP contribution in [-0.4, -0.2) is 77.9 Å². The van der Waals surface area contributed by atoms with E-state index in [1.807, 2.05) is 60.9 Å². The van der Waals surface area contributed by atoms with Crippen molar-refractivity contribution in [2.45, 2.75) is 44.3 Å². The van der Waals surface area contributed by atoms with Gasteiger partial charge in [-0.25, -0.2) is 0 Å². The van der Waals surface area contributed by atoms with Crippen LogP contribution in [0.3, 0.4) is 0 Å². The van der Waals surface area contributed by atoms with E-state index in [-0.39, 0.29) is 11.9 Å². The van der Waals surface area contributed by atoms with Crippen molar-refractivity contribution >= 4 is 23.4 Å². The number of hydrogen-bond acceptors (Lipinski definition) is 5. The predicted octanol–water partition coefficient (Wildman–Crippen LogP) is 5.45. The second kappa shape index (κ2) is 13.0. The molecular formula is C33H41N5O. The number of piperidine rings is 2. The van der Waals surface area contributed by atoms with E-state index >= 15 is 0 Å². The molecule has 3 heterocycles. The maximum Gasteiger partial charge on any atom is 0.247 e. The van der Waals surface area contributed by atoms with E-state index in [0.717, 1.165) is 48.4 Å². The lowest BCUT2D eigenvalue weighted by Crippen LogP contribution is -2.51. The maximum absolute atomic E-state index is 13.6. The maximum atomic E-state index is 13.6. The fourth-order valence-corrected chi connectivity index (χ4v) is 5.88. The van der Waals surface area contributed by atoms with Gasteiger partial charge in [0.1, 0.15) is 0 Å². The molecule has 2 saturated heterocycles. The Balaban J connectivity index is 1.28. The van der Waals surface area contributed by atoms with Crippen LogP contribution in [0.1, 0.15) is 36.8 Å². The number of anilines is 2. The summed E-state index contributed by atoms with van der Waals surface area (Å²) in [7, 11) is 4.28. The van der Waals surface area contributed by atoms with Crippen molar-refractivity contribution in [2.75, 3.05) is 45.2 Å². The SMILES string of the molecule is CN1CCC(N2CCC(N(Cc3ccc(N(C)c4ccncc4)cc3)C(=O)/C=C/c3ccccc3)CC2)CC1. The second-order valence-electron chi connectivity index (χ2n) is 10.9. The first-order chi connectivity index (χ1) is 19.1. The van der Waals surface area contributed by atoms with Crippen molar-refractivity contribution in [1.82, 2.24) is 19.7 Å². The summed E-state index contributed by atoms with van der Waals surface area (Å²) in [5.74, 6) is 0.0922. The molecule has 2 aliphatic heterocycles. The molecule has 2 aliphatic rings. The van der Waals surface area contributed by atoms with E-state index in [4.69, 9.17) is 0 Å². The van der Waals surface area contributed by atoms with E-state index in [0.29, 0.717) is 12.6 Å². The van der Waals surface area contributed by atoms with Crippen LogP contribution in [0.25, 0.3) is 6.08 Å². The molecule has 0 spiro atoms. The summed E-state index contributed by atoms with van der Waals surface area (Å²) in [6.45, 7) is 5.13. The summed E-state index contributed by atoms with van der Waals surface area (Å²) < 4.78 is 0. The fraction of sp³-hybridized carbons (Fsp3) is 0.394. The molecule has 2 fully saturated rings. The van der Waals surface area contributed by atoms with Crippen molar-refractivity contribution in [2.24, 2.45) is 0 Å². The highest BCUT2D eigenvalue weighted by atomic mass is 16.2. The molecule has 0 bridgehead atoms. The van der Waals surface area contributed by atoms with Gasteiger partial charge in [0.05, 0.1) is 0 Å². The number of rotatable bonds is 8. The number of carbonyl (C=O) groups excluding carboxylic acids is 1. The van der Waals surface area contributed by atoms with Crippen molar-refractivity contribution in [3.63, 3.8) is 0 Å². The normalized spacial score (nSPS) is 17.9. The van der Waals surface area contributed by atoms with Crippen molar-refractivity contribution in [1.29, 1.82) is 0 Å².